The fraction of sp³-hybridized carbons (Fsp3) is 0.429. The van der Waals surface area contributed by atoms with Crippen molar-refractivity contribution in [2.45, 2.75) is 13.0 Å². The molecule has 0 radical (unpaired) electrons. The molecule has 0 spiro atoms. The summed E-state index contributed by atoms with van der Waals surface area (Å²) in [6, 6.07) is 8.35. The van der Waals surface area contributed by atoms with Crippen molar-refractivity contribution in [1.29, 1.82) is 0 Å². The van der Waals surface area contributed by atoms with E-state index in [-0.39, 0.29) is 12.6 Å². The van der Waals surface area contributed by atoms with Gasteiger partial charge in [-0.1, -0.05) is 48.4 Å². The van der Waals surface area contributed by atoms with Crippen LogP contribution in [-0.4, -0.2) is 26.1 Å². The minimum atomic E-state index is -0.403. The molecular weight excluding hydrogens is 263 g/mol. The molecule has 0 amide bonds. The number of hydrogen-bond acceptors (Lipinski definition) is 4. The van der Waals surface area contributed by atoms with Gasteiger partial charge in [-0.2, -0.15) is 0 Å². The van der Waals surface area contributed by atoms with Crippen LogP contribution in [0.2, 0.25) is 0 Å². The van der Waals surface area contributed by atoms with Crippen LogP contribution < -0.4 is 10.9 Å². The van der Waals surface area contributed by atoms with E-state index in [9.17, 15) is 4.39 Å². The van der Waals surface area contributed by atoms with Crippen molar-refractivity contribution in [3.63, 3.8) is 0 Å². The van der Waals surface area contributed by atoms with Gasteiger partial charge in [0, 0.05) is 19.4 Å². The Morgan fingerprint density at radius 1 is 1.37 bits per heavy atom. The standard InChI is InChI=1S/C12H17NOS.C2H6FN/c1-10(14-2)12-7-5-11(6-8-12)4-3-9-15-13;3-1-2-4/h3-8,10H,9,13H2,1-2H3;1-2,4H2/b4-3+;. The summed E-state index contributed by atoms with van der Waals surface area (Å²) < 4.78 is 15.8. The zero-order valence-corrected chi connectivity index (χ0v) is 12.3. The number of ether oxygens (including phenoxy) is 1. The second-order valence-electron chi connectivity index (χ2n) is 3.76. The van der Waals surface area contributed by atoms with Gasteiger partial charge in [0.1, 0.15) is 6.67 Å². The number of methoxy groups -OCH3 is 1. The van der Waals surface area contributed by atoms with Gasteiger partial charge in [0.25, 0.3) is 0 Å². The Bertz CT molecular complexity index is 342. The molecule has 19 heavy (non-hydrogen) atoms. The van der Waals surface area contributed by atoms with E-state index >= 15 is 0 Å². The van der Waals surface area contributed by atoms with Crippen molar-refractivity contribution in [1.82, 2.24) is 0 Å². The molecule has 5 heteroatoms. The quantitative estimate of drug-likeness (QED) is 0.789. The topological polar surface area (TPSA) is 61.3 Å². The fourth-order valence-corrected chi connectivity index (χ4v) is 1.46. The third-order valence-corrected chi connectivity index (χ3v) is 2.76. The van der Waals surface area contributed by atoms with E-state index in [1.165, 1.54) is 23.1 Å². The van der Waals surface area contributed by atoms with Crippen LogP contribution in [-0.2, 0) is 4.74 Å². The van der Waals surface area contributed by atoms with Crippen molar-refractivity contribution in [2.75, 3.05) is 26.1 Å². The molecule has 0 heterocycles. The SMILES string of the molecule is COC(C)c1ccc(/C=C/CSN)cc1.NCCF. The highest BCUT2D eigenvalue weighted by Crippen LogP contribution is 2.16. The van der Waals surface area contributed by atoms with Crippen LogP contribution in [0, 0.1) is 0 Å². The van der Waals surface area contributed by atoms with E-state index in [1.807, 2.05) is 6.92 Å². The average molecular weight is 286 g/mol. The van der Waals surface area contributed by atoms with Gasteiger partial charge in [-0.25, -0.2) is 4.39 Å². The van der Waals surface area contributed by atoms with E-state index in [0.29, 0.717) is 0 Å². The van der Waals surface area contributed by atoms with Crippen LogP contribution >= 0.6 is 11.9 Å². The van der Waals surface area contributed by atoms with E-state index in [4.69, 9.17) is 9.88 Å². The maximum absolute atomic E-state index is 10.6. The number of hydrogen-bond donors (Lipinski definition) is 2. The van der Waals surface area contributed by atoms with Gasteiger partial charge in [-0.3, -0.25) is 5.14 Å². The summed E-state index contributed by atoms with van der Waals surface area (Å²) in [6.07, 6.45) is 4.28. The van der Waals surface area contributed by atoms with Crippen molar-refractivity contribution in [2.24, 2.45) is 10.9 Å². The molecule has 1 rings (SSSR count). The summed E-state index contributed by atoms with van der Waals surface area (Å²) in [5.41, 5.74) is 7.04. The third-order valence-electron chi connectivity index (χ3n) is 2.37. The first-order valence-electron chi connectivity index (χ1n) is 6.06. The lowest BCUT2D eigenvalue weighted by Crippen LogP contribution is -1.98. The predicted molar refractivity (Wildman–Crippen MR) is 82.6 cm³/mol. The molecule has 0 saturated heterocycles. The molecule has 0 saturated carbocycles. The molecule has 0 aromatic heterocycles. The summed E-state index contributed by atoms with van der Waals surface area (Å²) >= 11 is 1.33. The maximum atomic E-state index is 10.6. The Labute approximate surface area is 119 Å². The summed E-state index contributed by atoms with van der Waals surface area (Å²) in [7, 11) is 1.72. The first-order chi connectivity index (χ1) is 9.19. The highest BCUT2D eigenvalue weighted by Gasteiger charge is 2.01. The summed E-state index contributed by atoms with van der Waals surface area (Å²) in [6.45, 7) is 1.79. The largest absolute Gasteiger partial charge is 0.377 e. The Kier molecular flexibility index (Phi) is 11.6. The van der Waals surface area contributed by atoms with Crippen molar-refractivity contribution < 1.29 is 9.13 Å². The van der Waals surface area contributed by atoms with Crippen molar-refractivity contribution >= 4 is 18.0 Å². The molecule has 3 nitrogen and oxygen atoms in total. The zero-order valence-electron chi connectivity index (χ0n) is 11.5. The smallest absolute Gasteiger partial charge is 0.102 e. The molecule has 4 N–H and O–H groups in total. The highest BCUT2D eigenvalue weighted by molar-refractivity contribution is 7.97. The molecule has 0 aliphatic rings. The molecule has 0 aliphatic heterocycles. The first kappa shape index (κ1) is 18.1. The summed E-state index contributed by atoms with van der Waals surface area (Å²) in [5.74, 6) is 0.843. The molecule has 1 atom stereocenters. The van der Waals surface area contributed by atoms with Gasteiger partial charge in [-0.05, 0) is 18.1 Å². The Morgan fingerprint density at radius 3 is 2.37 bits per heavy atom. The van der Waals surface area contributed by atoms with E-state index < -0.39 is 6.67 Å². The minimum absolute atomic E-state index is 0.153. The lowest BCUT2D eigenvalue weighted by molar-refractivity contribution is 0.119. The Balaban J connectivity index is 0.000000711. The lowest BCUT2D eigenvalue weighted by atomic mass is 10.1. The van der Waals surface area contributed by atoms with Gasteiger partial charge in [0.2, 0.25) is 0 Å². The molecule has 0 fully saturated rings. The third kappa shape index (κ3) is 8.77. The van der Waals surface area contributed by atoms with Crippen LogP contribution in [0.4, 0.5) is 4.39 Å². The molecule has 0 aliphatic carbocycles. The molecular formula is C14H23FN2OS. The number of halogens is 1. The first-order valence-corrected chi connectivity index (χ1v) is 7.11. The van der Waals surface area contributed by atoms with E-state index in [2.05, 4.69) is 42.2 Å². The molecule has 0 bridgehead atoms. The van der Waals surface area contributed by atoms with Gasteiger partial charge >= 0.3 is 0 Å². The maximum Gasteiger partial charge on any atom is 0.102 e. The monoisotopic (exact) mass is 286 g/mol. The zero-order chi connectivity index (χ0) is 14.5. The van der Waals surface area contributed by atoms with Gasteiger partial charge in [0.05, 0.1) is 6.10 Å². The van der Waals surface area contributed by atoms with Crippen molar-refractivity contribution in [3.8, 4) is 0 Å². The van der Waals surface area contributed by atoms with Crippen molar-refractivity contribution in [3.05, 3.63) is 41.5 Å². The normalized spacial score (nSPS) is 12.1. The minimum Gasteiger partial charge on any atom is -0.377 e. The predicted octanol–water partition coefficient (Wildman–Crippen LogP) is 2.93. The average Bonchev–Trinajstić information content (AvgIpc) is 2.47. The fourth-order valence-electron chi connectivity index (χ4n) is 1.25. The molecule has 108 valence electrons. The van der Waals surface area contributed by atoms with Crippen LogP contribution in [0.1, 0.15) is 24.2 Å². The number of nitrogens with two attached hydrogens (primary N) is 2. The number of rotatable bonds is 6. The Hall–Kier alpha value is -0.880. The molecule has 1 unspecified atom stereocenters. The Morgan fingerprint density at radius 2 is 1.95 bits per heavy atom. The highest BCUT2D eigenvalue weighted by atomic mass is 32.2. The van der Waals surface area contributed by atoms with Crippen LogP contribution in [0.5, 0.6) is 0 Å². The lowest BCUT2D eigenvalue weighted by Gasteiger charge is -2.09. The molecule has 1 aromatic rings. The van der Waals surface area contributed by atoms with Gasteiger partial charge in [-0.15, -0.1) is 0 Å². The number of alkyl halides is 1. The number of benzene rings is 1. The second-order valence-corrected chi connectivity index (χ2v) is 4.42. The molecule has 1 aromatic carbocycles. The van der Waals surface area contributed by atoms with Crippen LogP contribution in [0.3, 0.4) is 0 Å². The van der Waals surface area contributed by atoms with E-state index in [0.717, 1.165) is 5.75 Å². The second kappa shape index (κ2) is 12.2. The van der Waals surface area contributed by atoms with Gasteiger partial charge < -0.3 is 10.5 Å². The summed E-state index contributed by atoms with van der Waals surface area (Å²) in [4.78, 5) is 0. The van der Waals surface area contributed by atoms with Crippen LogP contribution in [0.25, 0.3) is 6.08 Å². The summed E-state index contributed by atoms with van der Waals surface area (Å²) in [5, 5.41) is 5.32. The van der Waals surface area contributed by atoms with Crippen LogP contribution in [0.15, 0.2) is 30.3 Å². The van der Waals surface area contributed by atoms with E-state index in [1.54, 1.807) is 7.11 Å². The van der Waals surface area contributed by atoms with Gasteiger partial charge in [0.15, 0.2) is 0 Å².